The summed E-state index contributed by atoms with van der Waals surface area (Å²) in [4.78, 5) is 11.8. The van der Waals surface area contributed by atoms with E-state index < -0.39 is 0 Å². The van der Waals surface area contributed by atoms with Crippen molar-refractivity contribution in [1.82, 2.24) is 5.43 Å². The van der Waals surface area contributed by atoms with Crippen LogP contribution < -0.4 is 24.4 Å². The van der Waals surface area contributed by atoms with E-state index in [2.05, 4.69) is 26.5 Å². The summed E-state index contributed by atoms with van der Waals surface area (Å²) in [5, 5.41) is 3.91. The topological polar surface area (TPSA) is 78.4 Å². The standard InChI is InChI=1S/C17H15BrN2O5/c1-22-13-4-2-3-5-14(13)23-9-16(21)20-19-8-11-6-12(18)17-15(7-11)24-10-25-17/h2-8H,9-10H2,1H3,(H,20,21)/b19-8-. The molecule has 1 aliphatic heterocycles. The van der Waals surface area contributed by atoms with Gasteiger partial charge < -0.3 is 18.9 Å². The molecule has 2 aromatic rings. The average Bonchev–Trinajstić information content (AvgIpc) is 3.09. The summed E-state index contributed by atoms with van der Waals surface area (Å²) < 4.78 is 22.0. The number of rotatable bonds is 6. The Kier molecular flexibility index (Phi) is 5.39. The van der Waals surface area contributed by atoms with Crippen LogP contribution in [0.1, 0.15) is 5.56 Å². The zero-order valence-electron chi connectivity index (χ0n) is 13.3. The van der Waals surface area contributed by atoms with Gasteiger partial charge in [0.2, 0.25) is 6.79 Å². The SMILES string of the molecule is COc1ccccc1OCC(=O)N/N=C\c1cc(Br)c2c(c1)OCO2. The molecule has 0 unspecified atom stereocenters. The lowest BCUT2D eigenvalue weighted by molar-refractivity contribution is -0.123. The molecule has 0 atom stereocenters. The Morgan fingerprint density at radius 3 is 2.92 bits per heavy atom. The third-order valence-corrected chi connectivity index (χ3v) is 3.87. The minimum absolute atomic E-state index is 0.178. The van der Waals surface area contributed by atoms with Crippen molar-refractivity contribution in [3.05, 3.63) is 46.4 Å². The lowest BCUT2D eigenvalue weighted by atomic mass is 10.2. The lowest BCUT2D eigenvalue weighted by Crippen LogP contribution is -2.24. The van der Waals surface area contributed by atoms with Gasteiger partial charge in [0.25, 0.3) is 5.91 Å². The Morgan fingerprint density at radius 1 is 1.32 bits per heavy atom. The van der Waals surface area contributed by atoms with Crippen LogP contribution in [0, 0.1) is 0 Å². The van der Waals surface area contributed by atoms with Crippen molar-refractivity contribution in [1.29, 1.82) is 0 Å². The van der Waals surface area contributed by atoms with Crippen molar-refractivity contribution in [3.63, 3.8) is 0 Å². The second kappa shape index (κ2) is 7.89. The van der Waals surface area contributed by atoms with E-state index >= 15 is 0 Å². The molecular weight excluding hydrogens is 392 g/mol. The van der Waals surface area contributed by atoms with Gasteiger partial charge in [0.05, 0.1) is 17.8 Å². The fourth-order valence-corrected chi connectivity index (χ4v) is 2.73. The number of hydrogen-bond acceptors (Lipinski definition) is 6. The van der Waals surface area contributed by atoms with Gasteiger partial charge in [0, 0.05) is 0 Å². The number of fused-ring (bicyclic) bond motifs is 1. The van der Waals surface area contributed by atoms with Gasteiger partial charge in [-0.25, -0.2) is 5.43 Å². The fourth-order valence-electron chi connectivity index (χ4n) is 2.15. The van der Waals surface area contributed by atoms with E-state index in [1.54, 1.807) is 24.3 Å². The first kappa shape index (κ1) is 17.1. The van der Waals surface area contributed by atoms with E-state index in [1.807, 2.05) is 12.1 Å². The number of methoxy groups -OCH3 is 1. The zero-order valence-corrected chi connectivity index (χ0v) is 14.9. The van der Waals surface area contributed by atoms with Gasteiger partial charge >= 0.3 is 0 Å². The molecule has 7 nitrogen and oxygen atoms in total. The van der Waals surface area contributed by atoms with E-state index in [0.29, 0.717) is 23.0 Å². The van der Waals surface area contributed by atoms with E-state index in [9.17, 15) is 4.79 Å². The molecule has 0 fully saturated rings. The Hall–Kier alpha value is -2.74. The molecule has 0 saturated carbocycles. The minimum atomic E-state index is -0.387. The molecular formula is C17H15BrN2O5. The molecule has 1 heterocycles. The maximum Gasteiger partial charge on any atom is 0.277 e. The molecule has 1 amide bonds. The smallest absolute Gasteiger partial charge is 0.277 e. The van der Waals surface area contributed by atoms with Gasteiger partial charge in [-0.1, -0.05) is 12.1 Å². The molecule has 0 radical (unpaired) electrons. The van der Waals surface area contributed by atoms with Crippen LogP contribution >= 0.6 is 15.9 Å². The fraction of sp³-hybridized carbons (Fsp3) is 0.176. The maximum atomic E-state index is 11.8. The third-order valence-electron chi connectivity index (χ3n) is 3.28. The molecule has 1 aliphatic rings. The van der Waals surface area contributed by atoms with Crippen molar-refractivity contribution in [2.75, 3.05) is 20.5 Å². The van der Waals surface area contributed by atoms with Gasteiger partial charge in [-0.05, 0) is 45.8 Å². The van der Waals surface area contributed by atoms with Crippen molar-refractivity contribution >= 4 is 28.1 Å². The van der Waals surface area contributed by atoms with E-state index in [1.165, 1.54) is 13.3 Å². The zero-order chi connectivity index (χ0) is 17.6. The summed E-state index contributed by atoms with van der Waals surface area (Å²) >= 11 is 3.40. The number of para-hydroxylation sites is 2. The highest BCUT2D eigenvalue weighted by atomic mass is 79.9. The van der Waals surface area contributed by atoms with Crippen LogP contribution in [0.25, 0.3) is 0 Å². The first-order valence-electron chi connectivity index (χ1n) is 7.34. The number of hydrogen-bond donors (Lipinski definition) is 1. The van der Waals surface area contributed by atoms with Crippen LogP contribution in [-0.2, 0) is 4.79 Å². The van der Waals surface area contributed by atoms with Crippen molar-refractivity contribution in [2.24, 2.45) is 5.10 Å². The van der Waals surface area contributed by atoms with Gasteiger partial charge in [-0.3, -0.25) is 4.79 Å². The van der Waals surface area contributed by atoms with Crippen LogP contribution in [-0.4, -0.2) is 32.6 Å². The van der Waals surface area contributed by atoms with Gasteiger partial charge in [0.1, 0.15) is 0 Å². The molecule has 130 valence electrons. The minimum Gasteiger partial charge on any atom is -0.493 e. The molecule has 8 heteroatoms. The van der Waals surface area contributed by atoms with Crippen molar-refractivity contribution in [2.45, 2.75) is 0 Å². The summed E-state index contributed by atoms with van der Waals surface area (Å²) in [5.74, 6) is 1.95. The van der Waals surface area contributed by atoms with E-state index in [0.717, 1.165) is 10.0 Å². The van der Waals surface area contributed by atoms with Crippen LogP contribution in [0.4, 0.5) is 0 Å². The first-order valence-corrected chi connectivity index (χ1v) is 8.13. The Morgan fingerprint density at radius 2 is 2.12 bits per heavy atom. The Bertz CT molecular complexity index is 810. The van der Waals surface area contributed by atoms with Crippen LogP contribution in [0.15, 0.2) is 46.0 Å². The van der Waals surface area contributed by atoms with Gasteiger partial charge in [-0.2, -0.15) is 5.10 Å². The number of halogens is 1. The quantitative estimate of drug-likeness (QED) is 0.589. The number of benzene rings is 2. The summed E-state index contributed by atoms with van der Waals surface area (Å²) in [7, 11) is 1.54. The monoisotopic (exact) mass is 406 g/mol. The summed E-state index contributed by atoms with van der Waals surface area (Å²) in [6.07, 6.45) is 1.51. The number of amides is 1. The van der Waals surface area contributed by atoms with E-state index in [4.69, 9.17) is 18.9 Å². The highest BCUT2D eigenvalue weighted by molar-refractivity contribution is 9.10. The predicted molar refractivity (Wildman–Crippen MR) is 94.5 cm³/mol. The number of ether oxygens (including phenoxy) is 4. The van der Waals surface area contributed by atoms with Crippen molar-refractivity contribution in [3.8, 4) is 23.0 Å². The van der Waals surface area contributed by atoms with Gasteiger partial charge in [0.15, 0.2) is 29.6 Å². The number of carbonyl (C=O) groups excluding carboxylic acids is 1. The molecule has 0 spiro atoms. The Balaban J connectivity index is 1.54. The highest BCUT2D eigenvalue weighted by Crippen LogP contribution is 2.39. The molecule has 0 aromatic heterocycles. The van der Waals surface area contributed by atoms with Gasteiger partial charge in [-0.15, -0.1) is 0 Å². The molecule has 0 bridgehead atoms. The second-order valence-corrected chi connectivity index (χ2v) is 5.82. The second-order valence-electron chi connectivity index (χ2n) is 4.97. The molecule has 2 aromatic carbocycles. The maximum absolute atomic E-state index is 11.8. The molecule has 3 rings (SSSR count). The number of nitrogens with one attached hydrogen (secondary N) is 1. The summed E-state index contributed by atoms with van der Waals surface area (Å²) in [5.41, 5.74) is 3.16. The number of hydrazone groups is 1. The number of nitrogens with zero attached hydrogens (tertiary/aromatic N) is 1. The summed E-state index contributed by atoms with van der Waals surface area (Å²) in [6.45, 7) is 0.00804. The van der Waals surface area contributed by atoms with Crippen LogP contribution in [0.5, 0.6) is 23.0 Å². The largest absolute Gasteiger partial charge is 0.493 e. The van der Waals surface area contributed by atoms with Crippen LogP contribution in [0.2, 0.25) is 0 Å². The average molecular weight is 407 g/mol. The molecule has 0 saturated heterocycles. The predicted octanol–water partition coefficient (Wildman–Crippen LogP) is 2.72. The molecule has 0 aliphatic carbocycles. The summed E-state index contributed by atoms with van der Waals surface area (Å²) in [6, 6.07) is 10.7. The highest BCUT2D eigenvalue weighted by Gasteiger charge is 2.17. The first-order chi connectivity index (χ1) is 12.2. The molecule has 25 heavy (non-hydrogen) atoms. The Labute approximate surface area is 152 Å². The normalized spacial score (nSPS) is 12.2. The van der Waals surface area contributed by atoms with E-state index in [-0.39, 0.29) is 19.3 Å². The third kappa shape index (κ3) is 4.21. The molecule has 1 N–H and O–H groups in total. The van der Waals surface area contributed by atoms with Crippen LogP contribution in [0.3, 0.4) is 0 Å². The van der Waals surface area contributed by atoms with Crippen molar-refractivity contribution < 1.29 is 23.7 Å². The number of carbonyl (C=O) groups is 1. The lowest BCUT2D eigenvalue weighted by Gasteiger charge is -2.09.